The highest BCUT2D eigenvalue weighted by Gasteiger charge is 2.34. The fourth-order valence-electron chi connectivity index (χ4n) is 2.49. The topological polar surface area (TPSA) is 32.7 Å². The molecule has 3 nitrogen and oxygen atoms in total. The maximum Gasteiger partial charge on any atom is 0.249 e. The lowest BCUT2D eigenvalue weighted by molar-refractivity contribution is -0.136. The van der Waals surface area contributed by atoms with Crippen LogP contribution in [0.1, 0.15) is 37.8 Å². The lowest BCUT2D eigenvalue weighted by Gasteiger charge is -2.30. The van der Waals surface area contributed by atoms with E-state index in [1.807, 2.05) is 0 Å². The van der Waals surface area contributed by atoms with Crippen molar-refractivity contribution in [3.63, 3.8) is 0 Å². The van der Waals surface area contributed by atoms with Crippen LogP contribution in [0, 0.1) is 5.92 Å². The van der Waals surface area contributed by atoms with Crippen molar-refractivity contribution in [2.24, 2.45) is 11.0 Å². The summed E-state index contributed by atoms with van der Waals surface area (Å²) in [6, 6.07) is 8.45. The van der Waals surface area contributed by atoms with Gasteiger partial charge in [-0.15, -0.1) is 11.8 Å². The highest BCUT2D eigenvalue weighted by Crippen LogP contribution is 2.28. The number of aryl methyl sites for hydroxylation is 1. The zero-order valence-corrected chi connectivity index (χ0v) is 14.7. The first-order valence-electron chi connectivity index (χ1n) is 8.30. The van der Waals surface area contributed by atoms with E-state index in [1.165, 1.54) is 16.1 Å². The van der Waals surface area contributed by atoms with Crippen LogP contribution in [-0.2, 0) is 17.0 Å². The number of rotatable bonds is 8. The number of hydrogen-bond acceptors (Lipinski definition) is 3. The molecule has 0 aromatic heterocycles. The minimum absolute atomic E-state index is 0.178. The Morgan fingerprint density at radius 3 is 2.52 bits per heavy atom. The molecule has 1 aliphatic heterocycles. The molecule has 0 aliphatic carbocycles. The Kier molecular flexibility index (Phi) is 7.09. The van der Waals surface area contributed by atoms with Crippen LogP contribution in [0.25, 0.3) is 0 Å². The Balaban J connectivity index is 1.96. The molecule has 0 radical (unpaired) electrons. The third-order valence-corrected chi connectivity index (χ3v) is 5.42. The van der Waals surface area contributed by atoms with E-state index in [0.717, 1.165) is 25.0 Å². The molecule has 1 aromatic carbocycles. The number of hydrogen-bond donors (Lipinski definition) is 0. The number of halogens is 1. The molecule has 2 unspecified atom stereocenters. The molecule has 2 rings (SSSR count). The summed E-state index contributed by atoms with van der Waals surface area (Å²) >= 11 is 1.59. The molecule has 2 atom stereocenters. The molecule has 1 amide bonds. The van der Waals surface area contributed by atoms with Gasteiger partial charge in [-0.3, -0.25) is 9.18 Å². The number of carbonyl (C=O) groups is 1. The molecule has 1 heterocycles. The molecular weight excluding hydrogens is 311 g/mol. The standard InChI is InChI=1S/C18H25FN2OS/c1-3-5-10-21-18(22)16(11-19)17(12-20-21)23-13-15-8-6-14(4-2)7-9-15/h6-9,12,16-17H,3-5,10-11,13H2,1-2H3. The Hall–Kier alpha value is -1.36. The number of carbonyl (C=O) groups excluding carboxylic acids is 1. The van der Waals surface area contributed by atoms with E-state index in [1.54, 1.807) is 18.0 Å². The van der Waals surface area contributed by atoms with Crippen molar-refractivity contribution in [2.45, 2.75) is 44.1 Å². The van der Waals surface area contributed by atoms with Crippen LogP contribution in [0.4, 0.5) is 4.39 Å². The van der Waals surface area contributed by atoms with Crippen molar-refractivity contribution < 1.29 is 9.18 Å². The van der Waals surface area contributed by atoms with Crippen molar-refractivity contribution in [3.05, 3.63) is 35.4 Å². The molecular formula is C18H25FN2OS. The van der Waals surface area contributed by atoms with Crippen LogP contribution < -0.4 is 0 Å². The second kappa shape index (κ2) is 9.06. The largest absolute Gasteiger partial charge is 0.272 e. The van der Waals surface area contributed by atoms with Crippen LogP contribution in [0.15, 0.2) is 29.4 Å². The van der Waals surface area contributed by atoms with Crippen molar-refractivity contribution in [1.82, 2.24) is 5.01 Å². The SMILES string of the molecule is CCCCN1N=CC(SCc2ccc(CC)cc2)C(CF)C1=O. The second-order valence-corrected chi connectivity index (χ2v) is 6.95. The third-order valence-electron chi connectivity index (χ3n) is 4.08. The minimum atomic E-state index is -0.625. The van der Waals surface area contributed by atoms with Crippen molar-refractivity contribution in [1.29, 1.82) is 0 Å². The molecule has 126 valence electrons. The first-order valence-corrected chi connectivity index (χ1v) is 9.35. The van der Waals surface area contributed by atoms with Gasteiger partial charge >= 0.3 is 0 Å². The van der Waals surface area contributed by atoms with Gasteiger partial charge in [-0.2, -0.15) is 5.10 Å². The molecule has 0 saturated heterocycles. The Bertz CT molecular complexity index is 532. The molecule has 5 heteroatoms. The highest BCUT2D eigenvalue weighted by molar-refractivity contribution is 7.99. The third kappa shape index (κ3) is 4.80. The highest BCUT2D eigenvalue weighted by atomic mass is 32.2. The first kappa shape index (κ1) is 18.0. The van der Waals surface area contributed by atoms with Gasteiger partial charge in [0.1, 0.15) is 6.67 Å². The van der Waals surface area contributed by atoms with Gasteiger partial charge in [0.15, 0.2) is 0 Å². The smallest absolute Gasteiger partial charge is 0.249 e. The molecule has 23 heavy (non-hydrogen) atoms. The fraction of sp³-hybridized carbons (Fsp3) is 0.556. The number of hydrazone groups is 1. The van der Waals surface area contributed by atoms with Crippen LogP contribution in [-0.4, -0.2) is 35.6 Å². The summed E-state index contributed by atoms with van der Waals surface area (Å²) in [7, 11) is 0. The van der Waals surface area contributed by atoms with Gasteiger partial charge in [-0.1, -0.05) is 44.5 Å². The molecule has 1 aliphatic rings. The van der Waals surface area contributed by atoms with Crippen molar-refractivity contribution in [3.8, 4) is 0 Å². The fourth-order valence-corrected chi connectivity index (χ4v) is 3.63. The molecule has 0 bridgehead atoms. The van der Waals surface area contributed by atoms with Gasteiger partial charge < -0.3 is 0 Å². The van der Waals surface area contributed by atoms with Crippen LogP contribution in [0.5, 0.6) is 0 Å². The Labute approximate surface area is 142 Å². The summed E-state index contributed by atoms with van der Waals surface area (Å²) in [5, 5.41) is 5.49. The predicted octanol–water partition coefficient (Wildman–Crippen LogP) is 4.06. The lowest BCUT2D eigenvalue weighted by Crippen LogP contribution is -2.43. The van der Waals surface area contributed by atoms with Gasteiger partial charge in [-0.05, 0) is 24.0 Å². The summed E-state index contributed by atoms with van der Waals surface area (Å²) < 4.78 is 13.4. The molecule has 0 spiro atoms. The van der Waals surface area contributed by atoms with E-state index in [2.05, 4.69) is 43.2 Å². The normalized spacial score (nSPS) is 21.0. The molecule has 1 aromatic rings. The average Bonchev–Trinajstić information content (AvgIpc) is 2.59. The van der Waals surface area contributed by atoms with Gasteiger partial charge in [0, 0.05) is 18.5 Å². The van der Waals surface area contributed by atoms with Gasteiger partial charge in [0.05, 0.1) is 11.2 Å². The predicted molar refractivity (Wildman–Crippen MR) is 95.5 cm³/mol. The van der Waals surface area contributed by atoms with Gasteiger partial charge in [0.2, 0.25) is 5.91 Å². The maximum absolute atomic E-state index is 13.4. The van der Waals surface area contributed by atoms with E-state index in [0.29, 0.717) is 6.54 Å². The summed E-state index contributed by atoms with van der Waals surface area (Å²) in [6.07, 6.45) is 4.65. The number of benzene rings is 1. The first-order chi connectivity index (χ1) is 11.2. The summed E-state index contributed by atoms with van der Waals surface area (Å²) in [4.78, 5) is 12.3. The van der Waals surface area contributed by atoms with Crippen molar-refractivity contribution >= 4 is 23.9 Å². The minimum Gasteiger partial charge on any atom is -0.272 e. The summed E-state index contributed by atoms with van der Waals surface area (Å²) in [6.45, 7) is 4.15. The van der Waals surface area contributed by atoms with E-state index in [4.69, 9.17) is 0 Å². The zero-order valence-electron chi connectivity index (χ0n) is 13.9. The second-order valence-electron chi connectivity index (χ2n) is 5.79. The van der Waals surface area contributed by atoms with Gasteiger partial charge in [-0.25, -0.2) is 5.01 Å². The number of unbranched alkanes of at least 4 members (excludes halogenated alkanes) is 1. The zero-order chi connectivity index (χ0) is 16.7. The lowest BCUT2D eigenvalue weighted by atomic mass is 10.1. The monoisotopic (exact) mass is 336 g/mol. The van der Waals surface area contributed by atoms with E-state index in [-0.39, 0.29) is 11.2 Å². The summed E-state index contributed by atoms with van der Waals surface area (Å²) in [5.74, 6) is -0.0223. The van der Waals surface area contributed by atoms with E-state index in [9.17, 15) is 9.18 Å². The molecule has 0 N–H and O–H groups in total. The van der Waals surface area contributed by atoms with E-state index < -0.39 is 12.6 Å². The Morgan fingerprint density at radius 1 is 1.22 bits per heavy atom. The van der Waals surface area contributed by atoms with Crippen molar-refractivity contribution in [2.75, 3.05) is 13.2 Å². The van der Waals surface area contributed by atoms with Crippen LogP contribution in [0.3, 0.4) is 0 Å². The molecule has 0 fully saturated rings. The summed E-state index contributed by atoms with van der Waals surface area (Å²) in [5.41, 5.74) is 2.50. The van der Waals surface area contributed by atoms with Crippen LogP contribution in [0.2, 0.25) is 0 Å². The molecule has 0 saturated carbocycles. The number of thioether (sulfide) groups is 1. The number of amides is 1. The average molecular weight is 336 g/mol. The Morgan fingerprint density at radius 2 is 1.91 bits per heavy atom. The van der Waals surface area contributed by atoms with Crippen LogP contribution >= 0.6 is 11.8 Å². The van der Waals surface area contributed by atoms with E-state index >= 15 is 0 Å². The number of alkyl halides is 1. The number of nitrogens with zero attached hydrogens (tertiary/aromatic N) is 2. The maximum atomic E-state index is 13.4. The quantitative estimate of drug-likeness (QED) is 0.717. The van der Waals surface area contributed by atoms with Gasteiger partial charge in [0.25, 0.3) is 0 Å².